The van der Waals surface area contributed by atoms with Crippen LogP contribution in [-0.2, 0) is 0 Å². The molecule has 1 N–H and O–H groups in total. The lowest BCUT2D eigenvalue weighted by Crippen LogP contribution is -2.11. The van der Waals surface area contributed by atoms with Crippen molar-refractivity contribution in [2.45, 2.75) is 6.92 Å². The molecule has 20 heavy (non-hydrogen) atoms. The Labute approximate surface area is 117 Å². The van der Waals surface area contributed by atoms with Crippen molar-refractivity contribution in [1.29, 1.82) is 5.26 Å². The van der Waals surface area contributed by atoms with Crippen molar-refractivity contribution in [2.75, 3.05) is 11.9 Å². The number of carbonyl (C=O) groups is 1. The summed E-state index contributed by atoms with van der Waals surface area (Å²) in [7, 11) is 0. The zero-order valence-electron chi connectivity index (χ0n) is 11.1. The van der Waals surface area contributed by atoms with Crippen LogP contribution in [0.3, 0.4) is 0 Å². The molecule has 0 bridgehead atoms. The van der Waals surface area contributed by atoms with Gasteiger partial charge in [-0.15, -0.1) is 0 Å². The van der Waals surface area contributed by atoms with Gasteiger partial charge in [-0.1, -0.05) is 0 Å². The van der Waals surface area contributed by atoms with E-state index in [4.69, 9.17) is 10.00 Å². The van der Waals surface area contributed by atoms with Crippen LogP contribution in [0.5, 0.6) is 5.75 Å². The molecule has 0 unspecified atom stereocenters. The topological polar surface area (TPSA) is 62.1 Å². The number of nitrogens with zero attached hydrogens (tertiary/aromatic N) is 1. The number of amides is 1. The summed E-state index contributed by atoms with van der Waals surface area (Å²) in [5.74, 6) is 0.542. The molecule has 2 rings (SSSR count). The van der Waals surface area contributed by atoms with E-state index < -0.39 is 0 Å². The van der Waals surface area contributed by atoms with E-state index in [0.717, 1.165) is 5.75 Å². The third-order valence-corrected chi connectivity index (χ3v) is 2.70. The highest BCUT2D eigenvalue weighted by molar-refractivity contribution is 6.04. The Balaban J connectivity index is 2.05. The highest BCUT2D eigenvalue weighted by atomic mass is 16.5. The first-order chi connectivity index (χ1) is 9.72. The van der Waals surface area contributed by atoms with Crippen LogP contribution in [0.1, 0.15) is 22.8 Å². The molecule has 2 aromatic rings. The molecule has 0 heterocycles. The number of rotatable bonds is 4. The number of ether oxygens (including phenoxy) is 1. The summed E-state index contributed by atoms with van der Waals surface area (Å²) in [5.41, 5.74) is 1.77. The molecule has 4 heteroatoms. The molecule has 100 valence electrons. The second-order valence-corrected chi connectivity index (χ2v) is 4.10. The standard InChI is InChI=1S/C16H14N2O2/c1-2-20-15-9-5-13(6-10-15)16(19)18-14-7-3-12(11-17)4-8-14/h3-10H,2H2,1H3,(H,18,19). The van der Waals surface area contributed by atoms with E-state index >= 15 is 0 Å². The second kappa shape index (κ2) is 6.39. The van der Waals surface area contributed by atoms with Crippen molar-refractivity contribution in [1.82, 2.24) is 0 Å². The van der Waals surface area contributed by atoms with E-state index in [1.54, 1.807) is 48.5 Å². The Morgan fingerprint density at radius 1 is 1.15 bits per heavy atom. The number of benzene rings is 2. The molecule has 2 aromatic carbocycles. The lowest BCUT2D eigenvalue weighted by molar-refractivity contribution is 0.102. The Kier molecular flexibility index (Phi) is 4.35. The highest BCUT2D eigenvalue weighted by Gasteiger charge is 2.06. The number of anilines is 1. The monoisotopic (exact) mass is 266 g/mol. The van der Waals surface area contributed by atoms with Crippen molar-refractivity contribution in [2.24, 2.45) is 0 Å². The molecular formula is C16H14N2O2. The normalized spacial score (nSPS) is 9.60. The minimum Gasteiger partial charge on any atom is -0.494 e. The van der Waals surface area contributed by atoms with E-state index in [-0.39, 0.29) is 5.91 Å². The Bertz CT molecular complexity index is 625. The number of nitrogens with one attached hydrogen (secondary N) is 1. The van der Waals surface area contributed by atoms with Gasteiger partial charge in [0, 0.05) is 11.3 Å². The predicted octanol–water partition coefficient (Wildman–Crippen LogP) is 3.21. The summed E-state index contributed by atoms with van der Waals surface area (Å²) in [6.07, 6.45) is 0. The van der Waals surface area contributed by atoms with Crippen LogP contribution in [0.2, 0.25) is 0 Å². The fraction of sp³-hybridized carbons (Fsp3) is 0.125. The second-order valence-electron chi connectivity index (χ2n) is 4.10. The third-order valence-electron chi connectivity index (χ3n) is 2.70. The van der Waals surface area contributed by atoms with E-state index in [1.807, 2.05) is 13.0 Å². The summed E-state index contributed by atoms with van der Waals surface area (Å²) < 4.78 is 5.32. The van der Waals surface area contributed by atoms with Gasteiger partial charge in [-0.2, -0.15) is 5.26 Å². The molecule has 0 aliphatic rings. The van der Waals surface area contributed by atoms with Gasteiger partial charge in [0.15, 0.2) is 0 Å². The van der Waals surface area contributed by atoms with E-state index in [1.165, 1.54) is 0 Å². The SMILES string of the molecule is CCOc1ccc(C(=O)Nc2ccc(C#N)cc2)cc1. The molecule has 0 aliphatic carbocycles. The van der Waals surface area contributed by atoms with Gasteiger partial charge in [0.1, 0.15) is 5.75 Å². The Morgan fingerprint density at radius 2 is 1.80 bits per heavy atom. The third kappa shape index (κ3) is 3.36. The smallest absolute Gasteiger partial charge is 0.255 e. The van der Waals surface area contributed by atoms with Crippen LogP contribution in [-0.4, -0.2) is 12.5 Å². The average molecular weight is 266 g/mol. The minimum absolute atomic E-state index is 0.197. The molecule has 0 saturated heterocycles. The molecule has 1 amide bonds. The van der Waals surface area contributed by atoms with Crippen molar-refractivity contribution in [3.05, 3.63) is 59.7 Å². The predicted molar refractivity (Wildman–Crippen MR) is 76.7 cm³/mol. The summed E-state index contributed by atoms with van der Waals surface area (Å²) in [4.78, 5) is 12.0. The molecule has 0 radical (unpaired) electrons. The maximum Gasteiger partial charge on any atom is 0.255 e. The average Bonchev–Trinajstić information content (AvgIpc) is 2.49. The van der Waals surface area contributed by atoms with Crippen LogP contribution in [0.15, 0.2) is 48.5 Å². The van der Waals surface area contributed by atoms with Crippen LogP contribution < -0.4 is 10.1 Å². The fourth-order valence-corrected chi connectivity index (χ4v) is 1.70. The fourth-order valence-electron chi connectivity index (χ4n) is 1.70. The summed E-state index contributed by atoms with van der Waals surface area (Å²) in [5, 5.41) is 11.5. The van der Waals surface area contributed by atoms with Crippen LogP contribution >= 0.6 is 0 Å². The number of nitriles is 1. The lowest BCUT2D eigenvalue weighted by Gasteiger charge is -2.06. The summed E-state index contributed by atoms with van der Waals surface area (Å²) in [6.45, 7) is 2.50. The Hall–Kier alpha value is -2.80. The van der Waals surface area contributed by atoms with Gasteiger partial charge in [-0.25, -0.2) is 0 Å². The number of carbonyl (C=O) groups excluding carboxylic acids is 1. The maximum absolute atomic E-state index is 12.0. The summed E-state index contributed by atoms with van der Waals surface area (Å²) in [6, 6.07) is 15.7. The molecule has 0 aromatic heterocycles. The van der Waals surface area contributed by atoms with Gasteiger partial charge in [0.25, 0.3) is 5.91 Å². The first kappa shape index (κ1) is 13.6. The Morgan fingerprint density at radius 3 is 2.35 bits per heavy atom. The van der Waals surface area contributed by atoms with Crippen LogP contribution in [0.4, 0.5) is 5.69 Å². The van der Waals surface area contributed by atoms with Gasteiger partial charge in [0.2, 0.25) is 0 Å². The van der Waals surface area contributed by atoms with Crippen molar-refractivity contribution in [3.8, 4) is 11.8 Å². The van der Waals surface area contributed by atoms with Crippen molar-refractivity contribution >= 4 is 11.6 Å². The zero-order chi connectivity index (χ0) is 14.4. The van der Waals surface area contributed by atoms with E-state index in [9.17, 15) is 4.79 Å². The quantitative estimate of drug-likeness (QED) is 0.924. The molecule has 0 aliphatic heterocycles. The van der Waals surface area contributed by atoms with Gasteiger partial charge in [-0.3, -0.25) is 4.79 Å². The van der Waals surface area contributed by atoms with Crippen LogP contribution in [0, 0.1) is 11.3 Å². The summed E-state index contributed by atoms with van der Waals surface area (Å²) >= 11 is 0. The highest BCUT2D eigenvalue weighted by Crippen LogP contribution is 2.14. The zero-order valence-corrected chi connectivity index (χ0v) is 11.1. The molecule has 0 fully saturated rings. The number of hydrogen-bond donors (Lipinski definition) is 1. The first-order valence-electron chi connectivity index (χ1n) is 6.27. The molecule has 4 nitrogen and oxygen atoms in total. The molecule has 0 spiro atoms. The molecule has 0 saturated carbocycles. The van der Waals surface area contributed by atoms with Gasteiger partial charge < -0.3 is 10.1 Å². The minimum atomic E-state index is -0.197. The van der Waals surface area contributed by atoms with Crippen LogP contribution in [0.25, 0.3) is 0 Å². The largest absolute Gasteiger partial charge is 0.494 e. The molecular weight excluding hydrogens is 252 g/mol. The first-order valence-corrected chi connectivity index (χ1v) is 6.27. The van der Waals surface area contributed by atoms with Gasteiger partial charge in [0.05, 0.1) is 18.2 Å². The van der Waals surface area contributed by atoms with Crippen molar-refractivity contribution in [3.63, 3.8) is 0 Å². The van der Waals surface area contributed by atoms with Gasteiger partial charge >= 0.3 is 0 Å². The van der Waals surface area contributed by atoms with Crippen molar-refractivity contribution < 1.29 is 9.53 Å². The molecule has 0 atom stereocenters. The van der Waals surface area contributed by atoms with Gasteiger partial charge in [-0.05, 0) is 55.5 Å². The lowest BCUT2D eigenvalue weighted by atomic mass is 10.2. The number of hydrogen-bond acceptors (Lipinski definition) is 3. The maximum atomic E-state index is 12.0. The van der Waals surface area contributed by atoms with E-state index in [0.29, 0.717) is 23.4 Å². The van der Waals surface area contributed by atoms with E-state index in [2.05, 4.69) is 5.32 Å².